The predicted octanol–water partition coefficient (Wildman–Crippen LogP) is 1.54. The maximum atomic E-state index is 11.2. The molecule has 0 aliphatic carbocycles. The topological polar surface area (TPSA) is 68.3 Å². The van der Waals surface area contributed by atoms with Gasteiger partial charge in [0.2, 0.25) is 5.91 Å². The molecule has 0 radical (unpaired) electrons. The van der Waals surface area contributed by atoms with Gasteiger partial charge in [0.25, 0.3) is 0 Å². The Kier molecular flexibility index (Phi) is 5.13. The Morgan fingerprint density at radius 3 is 2.88 bits per heavy atom. The van der Waals surface area contributed by atoms with Gasteiger partial charge in [0.05, 0.1) is 6.61 Å². The summed E-state index contributed by atoms with van der Waals surface area (Å²) in [6, 6.07) is 3.60. The van der Waals surface area contributed by atoms with Crippen molar-refractivity contribution in [1.82, 2.24) is 4.98 Å². The minimum atomic E-state index is -0.245. The van der Waals surface area contributed by atoms with Gasteiger partial charge in [-0.2, -0.15) is 0 Å². The van der Waals surface area contributed by atoms with Crippen molar-refractivity contribution in [3.8, 4) is 0 Å². The van der Waals surface area contributed by atoms with E-state index in [9.17, 15) is 9.59 Å². The minimum absolute atomic E-state index is 0.180. The van der Waals surface area contributed by atoms with Gasteiger partial charge in [-0.1, -0.05) is 6.07 Å². The van der Waals surface area contributed by atoms with E-state index in [1.165, 1.54) is 6.92 Å². The number of carbonyl (C=O) groups is 2. The first-order valence-corrected chi connectivity index (χ1v) is 5.50. The number of rotatable bonds is 5. The maximum absolute atomic E-state index is 11.2. The number of aromatic nitrogens is 1. The highest BCUT2D eigenvalue weighted by atomic mass is 16.5. The highest BCUT2D eigenvalue weighted by Gasteiger charge is 2.08. The fraction of sp³-hybridized carbons (Fsp3) is 0.417. The van der Waals surface area contributed by atoms with Crippen molar-refractivity contribution >= 4 is 17.7 Å². The van der Waals surface area contributed by atoms with Crippen LogP contribution >= 0.6 is 0 Å². The number of aryl methyl sites for hydroxylation is 1. The molecular weight excluding hydrogens is 220 g/mol. The fourth-order valence-electron chi connectivity index (χ4n) is 1.39. The monoisotopic (exact) mass is 236 g/mol. The highest BCUT2D eigenvalue weighted by Crippen LogP contribution is 2.13. The van der Waals surface area contributed by atoms with Gasteiger partial charge in [-0.15, -0.1) is 0 Å². The van der Waals surface area contributed by atoms with Gasteiger partial charge in [-0.3, -0.25) is 9.59 Å². The fourth-order valence-corrected chi connectivity index (χ4v) is 1.39. The standard InChI is InChI=1S/C12H16N2O3/c1-3-17-11(16)7-6-10-5-4-8-13-12(10)14-9(2)15/h4-5,8H,3,6-7H2,1-2H3,(H,13,14,15). The van der Waals surface area contributed by atoms with Gasteiger partial charge in [0.1, 0.15) is 5.82 Å². The van der Waals surface area contributed by atoms with Crippen molar-refractivity contribution < 1.29 is 14.3 Å². The molecule has 0 fully saturated rings. The Labute approximate surface area is 100 Å². The lowest BCUT2D eigenvalue weighted by molar-refractivity contribution is -0.143. The van der Waals surface area contributed by atoms with Gasteiger partial charge in [-0.05, 0) is 25.0 Å². The van der Waals surface area contributed by atoms with E-state index in [2.05, 4.69) is 10.3 Å². The SMILES string of the molecule is CCOC(=O)CCc1cccnc1NC(C)=O. The van der Waals surface area contributed by atoms with Gasteiger partial charge in [0.15, 0.2) is 0 Å². The quantitative estimate of drug-likeness (QED) is 0.787. The first kappa shape index (κ1) is 13.2. The normalized spacial score (nSPS) is 9.76. The lowest BCUT2D eigenvalue weighted by Crippen LogP contribution is -2.11. The number of nitrogens with zero attached hydrogens (tertiary/aromatic N) is 1. The Morgan fingerprint density at radius 2 is 2.24 bits per heavy atom. The van der Waals surface area contributed by atoms with Crippen molar-refractivity contribution in [3.05, 3.63) is 23.9 Å². The first-order valence-electron chi connectivity index (χ1n) is 5.50. The first-order chi connectivity index (χ1) is 8.13. The minimum Gasteiger partial charge on any atom is -0.466 e. The molecule has 0 aliphatic rings. The number of esters is 1. The molecule has 5 heteroatoms. The molecule has 0 unspecified atom stereocenters. The molecule has 1 aromatic rings. The zero-order chi connectivity index (χ0) is 12.7. The summed E-state index contributed by atoms with van der Waals surface area (Å²) < 4.78 is 4.84. The van der Waals surface area contributed by atoms with Crippen LogP contribution in [0.3, 0.4) is 0 Å². The van der Waals surface area contributed by atoms with Gasteiger partial charge in [-0.25, -0.2) is 4.98 Å². The molecule has 1 heterocycles. The number of pyridine rings is 1. The van der Waals surface area contributed by atoms with E-state index in [1.54, 1.807) is 19.2 Å². The largest absolute Gasteiger partial charge is 0.466 e. The third-order valence-corrected chi connectivity index (χ3v) is 2.09. The molecule has 1 rings (SSSR count). The molecule has 0 saturated carbocycles. The molecule has 92 valence electrons. The van der Waals surface area contributed by atoms with Gasteiger partial charge >= 0.3 is 5.97 Å². The van der Waals surface area contributed by atoms with Crippen LogP contribution in [0.2, 0.25) is 0 Å². The summed E-state index contributed by atoms with van der Waals surface area (Å²) in [5.74, 6) is 0.0792. The number of anilines is 1. The molecule has 0 aromatic carbocycles. The van der Waals surface area contributed by atoms with E-state index in [-0.39, 0.29) is 18.3 Å². The lowest BCUT2D eigenvalue weighted by atomic mass is 10.1. The lowest BCUT2D eigenvalue weighted by Gasteiger charge is -2.08. The second kappa shape index (κ2) is 6.62. The molecule has 17 heavy (non-hydrogen) atoms. The molecule has 0 atom stereocenters. The molecular formula is C12H16N2O3. The molecule has 0 bridgehead atoms. The molecule has 0 aliphatic heterocycles. The smallest absolute Gasteiger partial charge is 0.306 e. The van der Waals surface area contributed by atoms with Crippen LogP contribution in [0.5, 0.6) is 0 Å². The van der Waals surface area contributed by atoms with Crippen LogP contribution in [0.4, 0.5) is 5.82 Å². The summed E-state index contributed by atoms with van der Waals surface area (Å²) in [4.78, 5) is 26.2. The van der Waals surface area contributed by atoms with Crippen molar-refractivity contribution in [2.45, 2.75) is 26.7 Å². The number of hydrogen-bond donors (Lipinski definition) is 1. The third kappa shape index (κ3) is 4.63. The van der Waals surface area contributed by atoms with Crippen molar-refractivity contribution in [1.29, 1.82) is 0 Å². The van der Waals surface area contributed by atoms with Crippen molar-refractivity contribution in [2.24, 2.45) is 0 Å². The van der Waals surface area contributed by atoms with E-state index in [4.69, 9.17) is 4.74 Å². The number of nitrogens with one attached hydrogen (secondary N) is 1. The van der Waals surface area contributed by atoms with Crippen molar-refractivity contribution in [2.75, 3.05) is 11.9 Å². The summed E-state index contributed by atoms with van der Waals surface area (Å²) in [5.41, 5.74) is 0.829. The Morgan fingerprint density at radius 1 is 1.47 bits per heavy atom. The summed E-state index contributed by atoms with van der Waals surface area (Å²) in [6.45, 7) is 3.57. The maximum Gasteiger partial charge on any atom is 0.306 e. The van der Waals surface area contributed by atoms with Gasteiger partial charge in [0, 0.05) is 19.5 Å². The average Bonchev–Trinajstić information content (AvgIpc) is 2.27. The Balaban J connectivity index is 2.63. The number of hydrogen-bond acceptors (Lipinski definition) is 4. The number of carbonyl (C=O) groups excluding carboxylic acids is 2. The third-order valence-electron chi connectivity index (χ3n) is 2.09. The summed E-state index contributed by atoms with van der Waals surface area (Å²) in [6.07, 6.45) is 2.38. The molecule has 1 N–H and O–H groups in total. The van der Waals surface area contributed by atoms with Crippen LogP contribution in [-0.2, 0) is 20.7 Å². The molecule has 0 saturated heterocycles. The number of amides is 1. The zero-order valence-corrected chi connectivity index (χ0v) is 10.0. The predicted molar refractivity (Wildman–Crippen MR) is 63.5 cm³/mol. The van der Waals surface area contributed by atoms with E-state index in [1.807, 2.05) is 6.07 Å². The van der Waals surface area contributed by atoms with Crippen LogP contribution in [0.25, 0.3) is 0 Å². The Hall–Kier alpha value is -1.91. The Bertz CT molecular complexity index is 404. The van der Waals surface area contributed by atoms with E-state index in [0.717, 1.165) is 5.56 Å². The average molecular weight is 236 g/mol. The molecule has 1 aromatic heterocycles. The second-order valence-corrected chi connectivity index (χ2v) is 3.50. The summed E-state index contributed by atoms with van der Waals surface area (Å²) in [5, 5.41) is 2.63. The van der Waals surface area contributed by atoms with Crippen molar-refractivity contribution in [3.63, 3.8) is 0 Å². The van der Waals surface area contributed by atoms with Gasteiger partial charge < -0.3 is 10.1 Å². The van der Waals surface area contributed by atoms with Crippen LogP contribution in [0.15, 0.2) is 18.3 Å². The summed E-state index contributed by atoms with van der Waals surface area (Å²) in [7, 11) is 0. The molecule has 5 nitrogen and oxygen atoms in total. The highest BCUT2D eigenvalue weighted by molar-refractivity contribution is 5.88. The van der Waals surface area contributed by atoms with E-state index < -0.39 is 0 Å². The van der Waals surface area contributed by atoms with Crippen LogP contribution in [-0.4, -0.2) is 23.5 Å². The van der Waals surface area contributed by atoms with Crippen LogP contribution in [0.1, 0.15) is 25.8 Å². The van der Waals surface area contributed by atoms with E-state index in [0.29, 0.717) is 18.8 Å². The second-order valence-electron chi connectivity index (χ2n) is 3.50. The van der Waals surface area contributed by atoms with Crippen LogP contribution in [0, 0.1) is 0 Å². The number of ether oxygens (including phenoxy) is 1. The van der Waals surface area contributed by atoms with Crippen LogP contribution < -0.4 is 5.32 Å². The van der Waals surface area contributed by atoms with E-state index >= 15 is 0 Å². The zero-order valence-electron chi connectivity index (χ0n) is 10.0. The summed E-state index contributed by atoms with van der Waals surface area (Å²) >= 11 is 0. The molecule has 1 amide bonds. The molecule has 0 spiro atoms.